The maximum Gasteiger partial charge on any atom is 0.354 e. The van der Waals surface area contributed by atoms with Gasteiger partial charge < -0.3 is 10.1 Å². The Kier molecular flexibility index (Phi) is 5.44. The molecule has 34 heavy (non-hydrogen) atoms. The number of hydrogen-bond acceptors (Lipinski definition) is 5. The van der Waals surface area contributed by atoms with Crippen LogP contribution < -0.4 is 15.2 Å². The largest absolute Gasteiger partial charge is 0.476 e. The zero-order valence-electron chi connectivity index (χ0n) is 19.5. The molecule has 1 aliphatic heterocycles. The minimum atomic E-state index is -3.57. The number of nitrogens with zero attached hydrogens (tertiary/aromatic N) is 4. The van der Waals surface area contributed by atoms with Crippen LogP contribution in [0.15, 0.2) is 45.9 Å². The fourth-order valence-electron chi connectivity index (χ4n) is 4.60. The second kappa shape index (κ2) is 8.21. The second-order valence-corrected chi connectivity index (χ2v) is 11.4. The van der Waals surface area contributed by atoms with Crippen molar-refractivity contribution in [3.05, 3.63) is 53.5 Å². The Bertz CT molecular complexity index is 1420. The molecule has 1 atom stereocenters. The van der Waals surface area contributed by atoms with Crippen molar-refractivity contribution in [2.45, 2.75) is 51.5 Å². The summed E-state index contributed by atoms with van der Waals surface area (Å²) >= 11 is 0. The van der Waals surface area contributed by atoms with E-state index in [0.29, 0.717) is 24.7 Å². The van der Waals surface area contributed by atoms with Gasteiger partial charge >= 0.3 is 6.03 Å². The minimum absolute atomic E-state index is 0.115. The van der Waals surface area contributed by atoms with Crippen molar-refractivity contribution in [1.82, 2.24) is 14.8 Å². The number of aromatic nitrogens is 3. The van der Waals surface area contributed by atoms with Crippen molar-refractivity contribution in [3.8, 4) is 17.0 Å². The third-order valence-corrected chi connectivity index (χ3v) is 7.54. The number of rotatable bonds is 3. The highest BCUT2D eigenvalue weighted by Gasteiger charge is 2.32. The molecule has 2 aromatic heterocycles. The molecule has 2 amide bonds. The summed E-state index contributed by atoms with van der Waals surface area (Å²) in [6.45, 7) is 7.04. The summed E-state index contributed by atoms with van der Waals surface area (Å²) in [5.41, 5.74) is 5.51. The normalized spacial score (nSPS) is 17.8. The van der Waals surface area contributed by atoms with E-state index in [0.717, 1.165) is 41.6 Å². The standard InChI is InChI=1S/C24H28N6O3S/c1-15-11-17(9-10-26-15)19-8-7-16-5-4-6-18(16)21(19)28-23(31)29-34(25,32)20-12-27-30-13-24(2,3)14-33-22(20)30/h7-12H,4-6,13-14H2,1-3H3,(H3,25,28,29,31,32)/t34-/m1/s1. The van der Waals surface area contributed by atoms with Crippen LogP contribution in [0.3, 0.4) is 0 Å². The number of nitrogens with one attached hydrogen (secondary N) is 1. The van der Waals surface area contributed by atoms with Crippen LogP contribution in [0.4, 0.5) is 10.5 Å². The number of urea groups is 1. The van der Waals surface area contributed by atoms with Crippen molar-refractivity contribution in [2.75, 3.05) is 11.9 Å². The summed E-state index contributed by atoms with van der Waals surface area (Å²) in [5.74, 6) is 0.303. The lowest BCUT2D eigenvalue weighted by molar-refractivity contribution is 0.0972. The molecule has 10 heteroatoms. The molecule has 0 unspecified atom stereocenters. The van der Waals surface area contributed by atoms with E-state index in [1.807, 2.05) is 25.1 Å². The van der Waals surface area contributed by atoms with E-state index in [4.69, 9.17) is 9.88 Å². The highest BCUT2D eigenvalue weighted by molar-refractivity contribution is 7.91. The summed E-state index contributed by atoms with van der Waals surface area (Å²) in [6, 6.07) is 7.20. The van der Waals surface area contributed by atoms with Gasteiger partial charge in [0.1, 0.15) is 4.90 Å². The van der Waals surface area contributed by atoms with E-state index in [2.05, 4.69) is 39.7 Å². The van der Waals surface area contributed by atoms with Gasteiger partial charge in [0.15, 0.2) is 9.92 Å². The van der Waals surface area contributed by atoms with E-state index >= 15 is 0 Å². The number of aryl methyl sites for hydroxylation is 2. The van der Waals surface area contributed by atoms with Gasteiger partial charge in [-0.3, -0.25) is 4.98 Å². The number of anilines is 1. The molecule has 3 N–H and O–H groups in total. The van der Waals surface area contributed by atoms with Crippen molar-refractivity contribution in [2.24, 2.45) is 14.9 Å². The van der Waals surface area contributed by atoms with Gasteiger partial charge in [0.25, 0.3) is 0 Å². The van der Waals surface area contributed by atoms with E-state index in [1.165, 1.54) is 11.8 Å². The number of benzene rings is 1. The Morgan fingerprint density at radius 3 is 2.91 bits per heavy atom. The topological polar surface area (TPSA) is 124 Å². The molecule has 0 spiro atoms. The van der Waals surface area contributed by atoms with Crippen LogP contribution in [0.5, 0.6) is 5.88 Å². The molecule has 0 saturated carbocycles. The number of carbonyl (C=O) groups is 1. The maximum atomic E-state index is 13.3. The lowest BCUT2D eigenvalue weighted by atomic mass is 9.94. The molecule has 0 radical (unpaired) electrons. The average Bonchev–Trinajstić information content (AvgIpc) is 3.40. The van der Waals surface area contributed by atoms with Crippen molar-refractivity contribution in [3.63, 3.8) is 0 Å². The van der Waals surface area contributed by atoms with E-state index in [-0.39, 0.29) is 10.3 Å². The van der Waals surface area contributed by atoms with Crippen molar-refractivity contribution in [1.29, 1.82) is 0 Å². The summed E-state index contributed by atoms with van der Waals surface area (Å²) < 4.78 is 24.6. The lowest BCUT2D eigenvalue weighted by Crippen LogP contribution is -2.33. The van der Waals surface area contributed by atoms with E-state index in [1.54, 1.807) is 10.9 Å². The molecule has 0 saturated heterocycles. The SMILES string of the molecule is Cc1cc(-c2ccc3c(c2NC(=O)N=[S@@](N)(=O)c2cnn4c2OCC(C)(C)C4)CCC3)ccn1. The molecule has 3 aromatic rings. The van der Waals surface area contributed by atoms with Gasteiger partial charge in [-0.05, 0) is 55.0 Å². The molecule has 0 fully saturated rings. The fraction of sp³-hybridized carbons (Fsp3) is 0.375. The van der Waals surface area contributed by atoms with Crippen molar-refractivity contribution >= 4 is 21.6 Å². The quantitative estimate of drug-likeness (QED) is 0.584. The molecule has 5 rings (SSSR count). The number of ether oxygens (including phenoxy) is 1. The van der Waals surface area contributed by atoms with E-state index in [9.17, 15) is 9.00 Å². The monoisotopic (exact) mass is 480 g/mol. The Balaban J connectivity index is 1.50. The van der Waals surface area contributed by atoms with Gasteiger partial charge in [0.2, 0.25) is 5.88 Å². The zero-order valence-corrected chi connectivity index (χ0v) is 20.3. The van der Waals surface area contributed by atoms with Crippen LogP contribution in [0.2, 0.25) is 0 Å². The summed E-state index contributed by atoms with van der Waals surface area (Å²) in [6.07, 6.45) is 5.93. The van der Waals surface area contributed by atoms with Crippen LogP contribution in [0.1, 0.15) is 37.1 Å². The molecule has 3 heterocycles. The lowest BCUT2D eigenvalue weighted by Gasteiger charge is -2.30. The van der Waals surface area contributed by atoms with Crippen LogP contribution in [0, 0.1) is 12.3 Å². The first kappa shape index (κ1) is 22.5. The van der Waals surface area contributed by atoms with Gasteiger partial charge in [0.05, 0.1) is 25.0 Å². The van der Waals surface area contributed by atoms with Crippen molar-refractivity contribution < 1.29 is 13.7 Å². The first-order chi connectivity index (χ1) is 16.1. The van der Waals surface area contributed by atoms with Gasteiger partial charge in [-0.2, -0.15) is 5.10 Å². The maximum absolute atomic E-state index is 13.3. The van der Waals surface area contributed by atoms with Gasteiger partial charge in [-0.25, -0.2) is 18.8 Å². The molecule has 9 nitrogen and oxygen atoms in total. The number of nitrogens with two attached hydrogens (primary N) is 1. The smallest absolute Gasteiger partial charge is 0.354 e. The molecular formula is C24H28N6O3S. The van der Waals surface area contributed by atoms with Gasteiger partial charge in [-0.1, -0.05) is 26.0 Å². The molecule has 178 valence electrons. The number of pyridine rings is 1. The Morgan fingerprint density at radius 1 is 1.29 bits per heavy atom. The summed E-state index contributed by atoms with van der Waals surface area (Å²) in [4.78, 5) is 17.4. The second-order valence-electron chi connectivity index (χ2n) is 9.68. The highest BCUT2D eigenvalue weighted by Crippen LogP contribution is 2.38. The Morgan fingerprint density at radius 2 is 2.12 bits per heavy atom. The van der Waals surface area contributed by atoms with E-state index < -0.39 is 15.9 Å². The van der Waals surface area contributed by atoms with Crippen LogP contribution in [-0.2, 0) is 29.3 Å². The number of carbonyl (C=O) groups excluding carboxylic acids is 1. The molecule has 1 aliphatic carbocycles. The number of hydrogen-bond donors (Lipinski definition) is 2. The molecule has 2 aliphatic rings. The van der Waals surface area contributed by atoms with Crippen LogP contribution in [0.25, 0.3) is 11.1 Å². The minimum Gasteiger partial charge on any atom is -0.476 e. The van der Waals surface area contributed by atoms with Gasteiger partial charge in [-0.15, -0.1) is 4.36 Å². The zero-order chi connectivity index (χ0) is 24.1. The average molecular weight is 481 g/mol. The van der Waals surface area contributed by atoms with Crippen LogP contribution in [-0.4, -0.2) is 31.6 Å². The third-order valence-electron chi connectivity index (χ3n) is 6.19. The molecule has 0 bridgehead atoms. The summed E-state index contributed by atoms with van der Waals surface area (Å²) in [7, 11) is -3.57. The summed E-state index contributed by atoms with van der Waals surface area (Å²) in [5, 5.41) is 13.2. The van der Waals surface area contributed by atoms with Crippen LogP contribution >= 0.6 is 0 Å². The van der Waals surface area contributed by atoms with Gasteiger partial charge in [0, 0.05) is 22.9 Å². The fourth-order valence-corrected chi connectivity index (χ4v) is 5.60. The molecule has 1 aromatic carbocycles. The number of fused-ring (bicyclic) bond motifs is 2. The Labute approximate surface area is 199 Å². The Hall–Kier alpha value is -3.24. The predicted octanol–water partition coefficient (Wildman–Crippen LogP) is 4.09. The number of amides is 2. The molecular weight excluding hydrogens is 452 g/mol. The first-order valence-corrected chi connectivity index (χ1v) is 12.8. The third kappa shape index (κ3) is 4.19. The first-order valence-electron chi connectivity index (χ1n) is 11.3. The highest BCUT2D eigenvalue weighted by atomic mass is 32.2. The predicted molar refractivity (Wildman–Crippen MR) is 130 cm³/mol.